The van der Waals surface area contributed by atoms with Gasteiger partial charge in [-0.3, -0.25) is 4.79 Å². The third-order valence-corrected chi connectivity index (χ3v) is 4.06. The van der Waals surface area contributed by atoms with Gasteiger partial charge in [-0.2, -0.15) is 0 Å². The number of fused-ring (bicyclic) bond motifs is 1. The normalized spacial score (nSPS) is 11.8. The molecule has 0 radical (unpaired) electrons. The fourth-order valence-electron chi connectivity index (χ4n) is 2.23. The maximum atomic E-state index is 12.3. The van der Waals surface area contributed by atoms with Crippen LogP contribution in [0.3, 0.4) is 0 Å². The Balaban J connectivity index is 2.18. The molecular weight excluding hydrogens is 252 g/mol. The summed E-state index contributed by atoms with van der Waals surface area (Å²) in [5.74, 6) is 0.177. The van der Waals surface area contributed by atoms with E-state index in [9.17, 15) is 4.79 Å². The van der Waals surface area contributed by atoms with E-state index in [-0.39, 0.29) is 11.4 Å². The number of carbonyl (C=O) groups is 1. The number of nitrogens with one attached hydrogen (secondary N) is 1. The highest BCUT2D eigenvalue weighted by atomic mass is 16.3. The van der Waals surface area contributed by atoms with Crippen LogP contribution < -0.4 is 11.1 Å². The minimum atomic E-state index is -0.352. The van der Waals surface area contributed by atoms with Gasteiger partial charge in [0.1, 0.15) is 5.58 Å². The molecule has 2 rings (SSSR count). The number of rotatable bonds is 5. The smallest absolute Gasteiger partial charge is 0.287 e. The van der Waals surface area contributed by atoms with Crippen LogP contribution in [-0.2, 0) is 0 Å². The van der Waals surface area contributed by atoms with Gasteiger partial charge in [-0.15, -0.1) is 0 Å². The third-order valence-electron chi connectivity index (χ3n) is 4.06. The molecule has 3 N–H and O–H groups in total. The van der Waals surface area contributed by atoms with E-state index in [0.717, 1.165) is 29.4 Å². The van der Waals surface area contributed by atoms with Gasteiger partial charge < -0.3 is 15.5 Å². The van der Waals surface area contributed by atoms with Crippen LogP contribution in [0.15, 0.2) is 28.7 Å². The highest BCUT2D eigenvalue weighted by molar-refractivity contribution is 5.98. The summed E-state index contributed by atoms with van der Waals surface area (Å²) >= 11 is 0. The number of hydrogen-bond donors (Lipinski definition) is 2. The number of aryl methyl sites for hydroxylation is 1. The number of furan rings is 1. The van der Waals surface area contributed by atoms with Crippen molar-refractivity contribution in [3.05, 3.63) is 35.6 Å². The van der Waals surface area contributed by atoms with E-state index < -0.39 is 0 Å². The van der Waals surface area contributed by atoms with Crippen LogP contribution in [0, 0.1) is 6.92 Å². The average molecular weight is 274 g/mol. The fourth-order valence-corrected chi connectivity index (χ4v) is 2.23. The van der Waals surface area contributed by atoms with Crippen LogP contribution in [0.1, 0.15) is 42.8 Å². The second-order valence-electron chi connectivity index (χ2n) is 5.30. The van der Waals surface area contributed by atoms with Crippen molar-refractivity contribution in [2.45, 2.75) is 39.2 Å². The lowest BCUT2D eigenvalue weighted by Crippen LogP contribution is -2.49. The van der Waals surface area contributed by atoms with E-state index in [2.05, 4.69) is 5.32 Å². The molecule has 1 aromatic heterocycles. The first kappa shape index (κ1) is 14.6. The molecule has 0 unspecified atom stereocenters. The van der Waals surface area contributed by atoms with E-state index in [4.69, 9.17) is 10.2 Å². The van der Waals surface area contributed by atoms with Gasteiger partial charge in [-0.05, 0) is 25.8 Å². The molecule has 0 atom stereocenters. The lowest BCUT2D eigenvalue weighted by Gasteiger charge is -2.26. The fraction of sp³-hybridized carbons (Fsp3) is 0.438. The van der Waals surface area contributed by atoms with Gasteiger partial charge in [0.2, 0.25) is 0 Å². The lowest BCUT2D eigenvalue weighted by atomic mass is 9.94. The first-order chi connectivity index (χ1) is 9.50. The SMILES string of the molecule is CCC(N)(CC)CNC(=O)c1oc2ccccc2c1C. The van der Waals surface area contributed by atoms with Gasteiger partial charge in [0.25, 0.3) is 5.91 Å². The second-order valence-corrected chi connectivity index (χ2v) is 5.30. The minimum absolute atomic E-state index is 0.199. The summed E-state index contributed by atoms with van der Waals surface area (Å²) in [5, 5.41) is 3.86. The van der Waals surface area contributed by atoms with Crippen molar-refractivity contribution < 1.29 is 9.21 Å². The van der Waals surface area contributed by atoms with E-state index in [1.54, 1.807) is 0 Å². The molecule has 20 heavy (non-hydrogen) atoms. The van der Waals surface area contributed by atoms with Crippen molar-refractivity contribution in [3.8, 4) is 0 Å². The van der Waals surface area contributed by atoms with Crippen molar-refractivity contribution in [1.29, 1.82) is 0 Å². The molecule has 0 bridgehead atoms. The molecule has 1 amide bonds. The van der Waals surface area contributed by atoms with Gasteiger partial charge in [0, 0.05) is 23.0 Å². The zero-order valence-electron chi connectivity index (χ0n) is 12.3. The maximum Gasteiger partial charge on any atom is 0.287 e. The standard InChI is InChI=1S/C16H22N2O2/c1-4-16(17,5-2)10-18-15(19)14-11(3)12-8-6-7-9-13(12)20-14/h6-9H,4-5,10,17H2,1-3H3,(H,18,19). The van der Waals surface area contributed by atoms with Gasteiger partial charge >= 0.3 is 0 Å². The van der Waals surface area contributed by atoms with Crippen molar-refractivity contribution in [2.75, 3.05) is 6.54 Å². The quantitative estimate of drug-likeness (QED) is 0.880. The number of carbonyl (C=O) groups excluding carboxylic acids is 1. The topological polar surface area (TPSA) is 68.3 Å². The number of para-hydroxylation sites is 1. The zero-order valence-corrected chi connectivity index (χ0v) is 12.3. The predicted molar refractivity (Wildman–Crippen MR) is 80.8 cm³/mol. The summed E-state index contributed by atoms with van der Waals surface area (Å²) in [6, 6.07) is 7.65. The van der Waals surface area contributed by atoms with Crippen molar-refractivity contribution >= 4 is 16.9 Å². The largest absolute Gasteiger partial charge is 0.451 e. The Morgan fingerprint density at radius 2 is 1.95 bits per heavy atom. The summed E-state index contributed by atoms with van der Waals surface area (Å²) in [5.41, 5.74) is 7.44. The van der Waals surface area contributed by atoms with Crippen LogP contribution in [-0.4, -0.2) is 18.0 Å². The first-order valence-corrected chi connectivity index (χ1v) is 7.06. The summed E-state index contributed by atoms with van der Waals surface area (Å²) in [4.78, 5) is 12.3. The summed E-state index contributed by atoms with van der Waals surface area (Å²) in [6.07, 6.45) is 1.64. The molecule has 0 saturated carbocycles. The number of hydrogen-bond acceptors (Lipinski definition) is 3. The summed E-state index contributed by atoms with van der Waals surface area (Å²) in [7, 11) is 0. The van der Waals surface area contributed by atoms with Crippen LogP contribution in [0.4, 0.5) is 0 Å². The van der Waals surface area contributed by atoms with E-state index in [0.29, 0.717) is 12.3 Å². The molecular formula is C16H22N2O2. The molecule has 108 valence electrons. The highest BCUT2D eigenvalue weighted by Gasteiger charge is 2.23. The third kappa shape index (κ3) is 2.70. The van der Waals surface area contributed by atoms with Gasteiger partial charge in [0.05, 0.1) is 0 Å². The second kappa shape index (κ2) is 5.67. The number of nitrogens with two attached hydrogens (primary N) is 1. The summed E-state index contributed by atoms with van der Waals surface area (Å²) in [6.45, 7) is 6.41. The van der Waals surface area contributed by atoms with Gasteiger partial charge in [0.15, 0.2) is 5.76 Å². The van der Waals surface area contributed by atoms with Crippen LogP contribution in [0.25, 0.3) is 11.0 Å². The molecule has 0 spiro atoms. The Hall–Kier alpha value is -1.81. The lowest BCUT2D eigenvalue weighted by molar-refractivity contribution is 0.0915. The molecule has 1 aromatic carbocycles. The molecule has 0 fully saturated rings. The monoisotopic (exact) mass is 274 g/mol. The number of benzene rings is 1. The molecule has 0 saturated heterocycles. The van der Waals surface area contributed by atoms with Gasteiger partial charge in [-0.1, -0.05) is 32.0 Å². The zero-order chi connectivity index (χ0) is 14.8. The Labute approximate surface area is 119 Å². The van der Waals surface area contributed by atoms with Crippen LogP contribution in [0.2, 0.25) is 0 Å². The van der Waals surface area contributed by atoms with E-state index in [1.807, 2.05) is 45.0 Å². The maximum absolute atomic E-state index is 12.3. The van der Waals surface area contributed by atoms with Crippen LogP contribution in [0.5, 0.6) is 0 Å². The highest BCUT2D eigenvalue weighted by Crippen LogP contribution is 2.24. The number of amides is 1. The molecule has 0 aliphatic carbocycles. The Morgan fingerprint density at radius 3 is 2.55 bits per heavy atom. The molecule has 4 heteroatoms. The minimum Gasteiger partial charge on any atom is -0.451 e. The molecule has 4 nitrogen and oxygen atoms in total. The average Bonchev–Trinajstić information content (AvgIpc) is 2.82. The molecule has 1 heterocycles. The molecule has 0 aliphatic rings. The van der Waals surface area contributed by atoms with E-state index in [1.165, 1.54) is 0 Å². The Morgan fingerprint density at radius 1 is 1.30 bits per heavy atom. The van der Waals surface area contributed by atoms with Crippen molar-refractivity contribution in [3.63, 3.8) is 0 Å². The molecule has 0 aliphatic heterocycles. The van der Waals surface area contributed by atoms with E-state index >= 15 is 0 Å². The van der Waals surface area contributed by atoms with Crippen LogP contribution >= 0.6 is 0 Å². The Kier molecular flexibility index (Phi) is 4.14. The van der Waals surface area contributed by atoms with Gasteiger partial charge in [-0.25, -0.2) is 0 Å². The predicted octanol–water partition coefficient (Wildman–Crippen LogP) is 2.99. The van der Waals surface area contributed by atoms with Crippen molar-refractivity contribution in [2.24, 2.45) is 5.73 Å². The first-order valence-electron chi connectivity index (χ1n) is 7.06. The molecule has 2 aromatic rings. The summed E-state index contributed by atoms with van der Waals surface area (Å²) < 4.78 is 5.64. The van der Waals surface area contributed by atoms with Crippen molar-refractivity contribution in [1.82, 2.24) is 5.32 Å². The Bertz CT molecular complexity index is 612.